The maximum Gasteiger partial charge on any atom is 0.272 e. The molecule has 0 aliphatic heterocycles. The summed E-state index contributed by atoms with van der Waals surface area (Å²) in [6.07, 6.45) is 0. The number of pyridine rings is 1. The third kappa shape index (κ3) is 3.05. The smallest absolute Gasteiger partial charge is 0.272 e. The molecule has 0 aliphatic carbocycles. The van der Waals surface area contributed by atoms with E-state index in [1.54, 1.807) is 12.1 Å². The lowest BCUT2D eigenvalue weighted by Gasteiger charge is -2.17. The Labute approximate surface area is 124 Å². The summed E-state index contributed by atoms with van der Waals surface area (Å²) in [5.41, 5.74) is 3.00. The second-order valence-corrected chi connectivity index (χ2v) is 5.43. The molecule has 21 heavy (non-hydrogen) atoms. The SMILES string of the molecule is Cc1cccc(C)c1NC(=O)c1cccc(=O)n1C(C)C. The number of carbonyl (C=O) groups is 1. The molecule has 0 radical (unpaired) electrons. The van der Waals surface area contributed by atoms with Crippen LogP contribution in [0.4, 0.5) is 5.69 Å². The average molecular weight is 284 g/mol. The van der Waals surface area contributed by atoms with Crippen molar-refractivity contribution in [3.63, 3.8) is 0 Å². The van der Waals surface area contributed by atoms with Gasteiger partial charge in [0.15, 0.2) is 0 Å². The van der Waals surface area contributed by atoms with E-state index in [1.807, 2.05) is 45.9 Å². The van der Waals surface area contributed by atoms with Gasteiger partial charge >= 0.3 is 0 Å². The van der Waals surface area contributed by atoms with Gasteiger partial charge in [0.2, 0.25) is 0 Å². The number of hydrogen-bond donors (Lipinski definition) is 1. The van der Waals surface area contributed by atoms with Crippen molar-refractivity contribution in [2.24, 2.45) is 0 Å². The molecule has 2 aromatic rings. The molecule has 0 saturated heterocycles. The topological polar surface area (TPSA) is 51.1 Å². The van der Waals surface area contributed by atoms with Gasteiger partial charge in [-0.2, -0.15) is 0 Å². The van der Waals surface area contributed by atoms with Crippen LogP contribution in [0.5, 0.6) is 0 Å². The molecule has 1 heterocycles. The lowest BCUT2D eigenvalue weighted by atomic mass is 10.1. The van der Waals surface area contributed by atoms with Gasteiger partial charge in [0.1, 0.15) is 5.69 Å². The molecule has 1 aromatic heterocycles. The fourth-order valence-electron chi connectivity index (χ4n) is 2.41. The van der Waals surface area contributed by atoms with E-state index in [1.165, 1.54) is 10.6 Å². The average Bonchev–Trinajstić information content (AvgIpc) is 2.42. The molecular weight excluding hydrogens is 264 g/mol. The van der Waals surface area contributed by atoms with E-state index in [0.29, 0.717) is 5.69 Å². The number of para-hydroxylation sites is 1. The third-order valence-electron chi connectivity index (χ3n) is 3.46. The highest BCUT2D eigenvalue weighted by atomic mass is 16.2. The number of amides is 1. The summed E-state index contributed by atoms with van der Waals surface area (Å²) >= 11 is 0. The molecule has 4 nitrogen and oxygen atoms in total. The summed E-state index contributed by atoms with van der Waals surface area (Å²) in [4.78, 5) is 24.5. The van der Waals surface area contributed by atoms with Gasteiger partial charge in [-0.15, -0.1) is 0 Å². The molecule has 1 amide bonds. The summed E-state index contributed by atoms with van der Waals surface area (Å²) < 4.78 is 1.50. The number of hydrogen-bond acceptors (Lipinski definition) is 2. The molecule has 0 aliphatic rings. The Balaban J connectivity index is 2.43. The number of carbonyl (C=O) groups excluding carboxylic acids is 1. The Morgan fingerprint density at radius 3 is 2.19 bits per heavy atom. The second kappa shape index (κ2) is 5.95. The van der Waals surface area contributed by atoms with Crippen LogP contribution in [0.25, 0.3) is 0 Å². The molecular formula is C17H20N2O2. The zero-order valence-electron chi connectivity index (χ0n) is 12.8. The second-order valence-electron chi connectivity index (χ2n) is 5.43. The van der Waals surface area contributed by atoms with Crippen LogP contribution in [0, 0.1) is 13.8 Å². The maximum atomic E-state index is 12.5. The minimum atomic E-state index is -0.265. The quantitative estimate of drug-likeness (QED) is 0.940. The third-order valence-corrected chi connectivity index (χ3v) is 3.46. The Kier molecular flexibility index (Phi) is 4.26. The van der Waals surface area contributed by atoms with Gasteiger partial charge in [-0.05, 0) is 44.9 Å². The molecule has 1 N–H and O–H groups in total. The van der Waals surface area contributed by atoms with Crippen LogP contribution in [0.2, 0.25) is 0 Å². The fraction of sp³-hybridized carbons (Fsp3) is 0.294. The fourth-order valence-corrected chi connectivity index (χ4v) is 2.41. The Morgan fingerprint density at radius 1 is 1.05 bits per heavy atom. The van der Waals surface area contributed by atoms with E-state index in [-0.39, 0.29) is 17.5 Å². The number of rotatable bonds is 3. The van der Waals surface area contributed by atoms with Crippen LogP contribution in [-0.4, -0.2) is 10.5 Å². The van der Waals surface area contributed by atoms with E-state index in [4.69, 9.17) is 0 Å². The number of aromatic nitrogens is 1. The van der Waals surface area contributed by atoms with Crippen molar-refractivity contribution in [3.05, 3.63) is 63.6 Å². The Morgan fingerprint density at radius 2 is 1.62 bits per heavy atom. The van der Waals surface area contributed by atoms with E-state index < -0.39 is 0 Å². The first-order chi connectivity index (χ1) is 9.91. The van der Waals surface area contributed by atoms with Crippen LogP contribution in [0.3, 0.4) is 0 Å². The number of benzene rings is 1. The van der Waals surface area contributed by atoms with Gasteiger partial charge in [0, 0.05) is 17.8 Å². The Hall–Kier alpha value is -2.36. The highest BCUT2D eigenvalue weighted by molar-refractivity contribution is 6.03. The van der Waals surface area contributed by atoms with Gasteiger partial charge in [-0.3, -0.25) is 9.59 Å². The zero-order valence-corrected chi connectivity index (χ0v) is 12.8. The lowest BCUT2D eigenvalue weighted by Crippen LogP contribution is -2.29. The summed E-state index contributed by atoms with van der Waals surface area (Å²) in [6, 6.07) is 10.5. The van der Waals surface area contributed by atoms with Crippen LogP contribution >= 0.6 is 0 Å². The zero-order chi connectivity index (χ0) is 15.6. The molecule has 0 spiro atoms. The first kappa shape index (κ1) is 15.0. The van der Waals surface area contributed by atoms with Crippen molar-refractivity contribution >= 4 is 11.6 Å². The number of anilines is 1. The van der Waals surface area contributed by atoms with E-state index >= 15 is 0 Å². The predicted molar refractivity (Wildman–Crippen MR) is 85.0 cm³/mol. The summed E-state index contributed by atoms with van der Waals surface area (Å²) in [6.45, 7) is 7.67. The van der Waals surface area contributed by atoms with E-state index in [9.17, 15) is 9.59 Å². The van der Waals surface area contributed by atoms with E-state index in [0.717, 1.165) is 16.8 Å². The van der Waals surface area contributed by atoms with Crippen LogP contribution < -0.4 is 10.9 Å². The number of nitrogens with zero attached hydrogens (tertiary/aromatic N) is 1. The van der Waals surface area contributed by atoms with Crippen molar-refractivity contribution < 1.29 is 4.79 Å². The Bertz CT molecular complexity index is 710. The molecule has 110 valence electrons. The van der Waals surface area contributed by atoms with Gasteiger partial charge in [0.05, 0.1) is 0 Å². The van der Waals surface area contributed by atoms with Gasteiger partial charge in [-0.1, -0.05) is 24.3 Å². The van der Waals surface area contributed by atoms with Crippen LogP contribution in [0.15, 0.2) is 41.2 Å². The molecule has 0 saturated carbocycles. The molecule has 0 bridgehead atoms. The lowest BCUT2D eigenvalue weighted by molar-refractivity contribution is 0.101. The van der Waals surface area contributed by atoms with E-state index in [2.05, 4.69) is 5.32 Å². The van der Waals surface area contributed by atoms with Gasteiger partial charge in [0.25, 0.3) is 11.5 Å². The minimum absolute atomic E-state index is 0.0718. The van der Waals surface area contributed by atoms with Crippen LogP contribution in [0.1, 0.15) is 41.5 Å². The summed E-state index contributed by atoms with van der Waals surface area (Å²) in [5.74, 6) is -0.265. The monoisotopic (exact) mass is 284 g/mol. The molecule has 2 rings (SSSR count). The van der Waals surface area contributed by atoms with Gasteiger partial charge in [-0.25, -0.2) is 0 Å². The normalized spacial score (nSPS) is 10.7. The first-order valence-electron chi connectivity index (χ1n) is 7.01. The van der Waals surface area contributed by atoms with Crippen LogP contribution in [-0.2, 0) is 0 Å². The summed E-state index contributed by atoms with van der Waals surface area (Å²) in [5, 5.41) is 2.92. The molecule has 4 heteroatoms. The molecule has 0 fully saturated rings. The van der Waals surface area contributed by atoms with Crippen molar-refractivity contribution in [1.82, 2.24) is 4.57 Å². The van der Waals surface area contributed by atoms with Gasteiger partial charge < -0.3 is 9.88 Å². The predicted octanol–water partition coefficient (Wildman–Crippen LogP) is 3.30. The molecule has 0 unspecified atom stereocenters. The molecule has 0 atom stereocenters. The van der Waals surface area contributed by atoms with Crippen molar-refractivity contribution in [3.8, 4) is 0 Å². The standard InChI is InChI=1S/C17H20N2O2/c1-11(2)19-14(9-6-10-15(19)20)17(21)18-16-12(3)7-5-8-13(16)4/h5-11H,1-4H3,(H,18,21). The molecule has 1 aromatic carbocycles. The number of aryl methyl sites for hydroxylation is 2. The van der Waals surface area contributed by atoms with Crippen molar-refractivity contribution in [2.45, 2.75) is 33.7 Å². The first-order valence-corrected chi connectivity index (χ1v) is 7.01. The maximum absolute atomic E-state index is 12.5. The largest absolute Gasteiger partial charge is 0.320 e. The highest BCUT2D eigenvalue weighted by Gasteiger charge is 2.15. The highest BCUT2D eigenvalue weighted by Crippen LogP contribution is 2.20. The summed E-state index contributed by atoms with van der Waals surface area (Å²) in [7, 11) is 0. The van der Waals surface area contributed by atoms with Crippen molar-refractivity contribution in [1.29, 1.82) is 0 Å². The minimum Gasteiger partial charge on any atom is -0.320 e. The van der Waals surface area contributed by atoms with Crippen molar-refractivity contribution in [2.75, 3.05) is 5.32 Å². The number of nitrogens with one attached hydrogen (secondary N) is 1.